The average molecular weight is 244 g/mol. The third-order valence-electron chi connectivity index (χ3n) is 2.26. The van der Waals surface area contributed by atoms with Crippen molar-refractivity contribution >= 4 is 17.3 Å². The average Bonchev–Trinajstić information content (AvgIpc) is 2.64. The number of aromatic nitrogens is 1. The fourth-order valence-corrected chi connectivity index (χ4v) is 2.00. The molecule has 0 fully saturated rings. The molecule has 1 aromatic rings. The van der Waals surface area contributed by atoms with Gasteiger partial charge >= 0.3 is 5.97 Å². The van der Waals surface area contributed by atoms with Gasteiger partial charge in [-0.1, -0.05) is 0 Å². The van der Waals surface area contributed by atoms with Gasteiger partial charge in [0.2, 0.25) is 0 Å². The third kappa shape index (κ3) is 3.26. The molecule has 1 heterocycles. The van der Waals surface area contributed by atoms with Gasteiger partial charge in [-0.2, -0.15) is 0 Å². The minimum atomic E-state index is -0.791. The molecule has 0 aromatic carbocycles. The lowest BCUT2D eigenvalue weighted by Crippen LogP contribution is -2.45. The molecule has 0 aliphatic carbocycles. The second kappa shape index (κ2) is 5.93. The number of rotatable bonds is 5. The summed E-state index contributed by atoms with van der Waals surface area (Å²) in [6, 6.07) is -0.702. The van der Waals surface area contributed by atoms with E-state index in [1.807, 2.05) is 6.92 Å². The minimum absolute atomic E-state index is 0.461. The van der Waals surface area contributed by atoms with Crippen LogP contribution in [0.5, 0.6) is 0 Å². The summed E-state index contributed by atoms with van der Waals surface area (Å²) < 4.78 is 4.60. The second-order valence-corrected chi connectivity index (χ2v) is 4.42. The number of aryl methyl sites for hydroxylation is 1. The van der Waals surface area contributed by atoms with Gasteiger partial charge in [-0.3, -0.25) is 10.1 Å². The summed E-state index contributed by atoms with van der Waals surface area (Å²) in [7, 11) is 1.30. The highest BCUT2D eigenvalue weighted by atomic mass is 32.1. The highest BCUT2D eigenvalue weighted by molar-refractivity contribution is 7.09. The van der Waals surface area contributed by atoms with E-state index in [0.717, 1.165) is 10.6 Å². The van der Waals surface area contributed by atoms with Gasteiger partial charge in [0.15, 0.2) is 0 Å². The van der Waals surface area contributed by atoms with Crippen molar-refractivity contribution in [2.24, 2.45) is 0 Å². The molecule has 90 valence electrons. The first-order valence-corrected chi connectivity index (χ1v) is 5.82. The van der Waals surface area contributed by atoms with Crippen molar-refractivity contribution in [2.45, 2.75) is 32.5 Å². The lowest BCUT2D eigenvalue weighted by Gasteiger charge is -2.18. The molecular formula is C10H16N2O3S. The van der Waals surface area contributed by atoms with E-state index < -0.39 is 18.1 Å². The summed E-state index contributed by atoms with van der Waals surface area (Å²) in [6.07, 6.45) is -0.791. The predicted octanol–water partition coefficient (Wildman–Crippen LogP) is 0.464. The summed E-state index contributed by atoms with van der Waals surface area (Å²) in [5, 5.41) is 12.4. The SMILES string of the molecule is COC(=O)C(NCc1scnc1C)C(C)O. The van der Waals surface area contributed by atoms with E-state index in [1.165, 1.54) is 18.4 Å². The molecule has 0 radical (unpaired) electrons. The van der Waals surface area contributed by atoms with Crippen LogP contribution in [0.3, 0.4) is 0 Å². The number of thiazole rings is 1. The smallest absolute Gasteiger partial charge is 0.325 e. The normalized spacial score (nSPS) is 14.5. The van der Waals surface area contributed by atoms with Gasteiger partial charge in [-0.15, -0.1) is 11.3 Å². The Labute approximate surface area is 98.5 Å². The standard InChI is InChI=1S/C10H16N2O3S/c1-6-8(16-5-12-6)4-11-9(7(2)13)10(14)15-3/h5,7,9,11,13H,4H2,1-3H3. The van der Waals surface area contributed by atoms with Crippen LogP contribution in [0.15, 0.2) is 5.51 Å². The van der Waals surface area contributed by atoms with Gasteiger partial charge in [0.1, 0.15) is 6.04 Å². The van der Waals surface area contributed by atoms with Crippen LogP contribution < -0.4 is 5.32 Å². The first-order valence-electron chi connectivity index (χ1n) is 4.94. The summed E-state index contributed by atoms with van der Waals surface area (Å²) in [6.45, 7) is 3.96. The number of methoxy groups -OCH3 is 1. The van der Waals surface area contributed by atoms with Crippen molar-refractivity contribution in [3.05, 3.63) is 16.1 Å². The number of carbonyl (C=O) groups is 1. The van der Waals surface area contributed by atoms with Crippen LogP contribution in [0.25, 0.3) is 0 Å². The number of nitrogens with zero attached hydrogens (tertiary/aromatic N) is 1. The summed E-state index contributed by atoms with van der Waals surface area (Å²) in [5.74, 6) is -0.461. The molecule has 1 rings (SSSR count). The topological polar surface area (TPSA) is 71.5 Å². The molecule has 1 aromatic heterocycles. The third-order valence-corrected chi connectivity index (χ3v) is 3.20. The fraction of sp³-hybridized carbons (Fsp3) is 0.600. The molecule has 0 aliphatic heterocycles. The Morgan fingerprint density at radius 3 is 2.88 bits per heavy atom. The highest BCUT2D eigenvalue weighted by Gasteiger charge is 2.24. The molecule has 2 atom stereocenters. The summed E-state index contributed by atoms with van der Waals surface area (Å²) >= 11 is 1.52. The molecule has 16 heavy (non-hydrogen) atoms. The van der Waals surface area contributed by atoms with Gasteiger partial charge in [-0.05, 0) is 13.8 Å². The van der Waals surface area contributed by atoms with Gasteiger partial charge in [0, 0.05) is 11.4 Å². The Kier molecular flexibility index (Phi) is 4.85. The van der Waals surface area contributed by atoms with E-state index in [0.29, 0.717) is 6.54 Å². The van der Waals surface area contributed by atoms with Gasteiger partial charge in [0.25, 0.3) is 0 Å². The number of hydrogen-bond donors (Lipinski definition) is 2. The van der Waals surface area contributed by atoms with E-state index in [4.69, 9.17) is 0 Å². The van der Waals surface area contributed by atoms with Crippen molar-refractivity contribution in [2.75, 3.05) is 7.11 Å². The van der Waals surface area contributed by atoms with E-state index in [-0.39, 0.29) is 0 Å². The second-order valence-electron chi connectivity index (χ2n) is 3.48. The van der Waals surface area contributed by atoms with E-state index in [9.17, 15) is 9.90 Å². The number of ether oxygens (including phenoxy) is 1. The lowest BCUT2D eigenvalue weighted by molar-refractivity contribution is -0.145. The van der Waals surface area contributed by atoms with Crippen molar-refractivity contribution in [3.8, 4) is 0 Å². The van der Waals surface area contributed by atoms with Crippen LogP contribution in [-0.4, -0.2) is 35.3 Å². The van der Waals surface area contributed by atoms with Gasteiger partial charge in [0.05, 0.1) is 24.4 Å². The van der Waals surface area contributed by atoms with Crippen LogP contribution >= 0.6 is 11.3 Å². The van der Waals surface area contributed by atoms with E-state index in [1.54, 1.807) is 12.4 Å². The first-order chi connectivity index (χ1) is 7.56. The molecule has 6 heteroatoms. The molecule has 0 saturated carbocycles. The Hall–Kier alpha value is -0.980. The maximum atomic E-state index is 11.3. The van der Waals surface area contributed by atoms with Crippen molar-refractivity contribution in [3.63, 3.8) is 0 Å². The monoisotopic (exact) mass is 244 g/mol. The Morgan fingerprint density at radius 2 is 2.44 bits per heavy atom. The molecule has 0 amide bonds. The summed E-state index contributed by atoms with van der Waals surface area (Å²) in [5.41, 5.74) is 2.69. The lowest BCUT2D eigenvalue weighted by atomic mass is 10.2. The van der Waals surface area contributed by atoms with Crippen LogP contribution in [0.1, 0.15) is 17.5 Å². The zero-order valence-corrected chi connectivity index (χ0v) is 10.4. The quantitative estimate of drug-likeness (QED) is 0.736. The number of nitrogens with one attached hydrogen (secondary N) is 1. The van der Waals surface area contributed by atoms with Crippen LogP contribution in [-0.2, 0) is 16.1 Å². The molecule has 5 nitrogen and oxygen atoms in total. The van der Waals surface area contributed by atoms with Crippen molar-refractivity contribution < 1.29 is 14.6 Å². The minimum Gasteiger partial charge on any atom is -0.468 e. The number of hydrogen-bond acceptors (Lipinski definition) is 6. The van der Waals surface area contributed by atoms with E-state index >= 15 is 0 Å². The molecule has 0 spiro atoms. The Balaban J connectivity index is 2.57. The number of carbonyl (C=O) groups excluding carboxylic acids is 1. The van der Waals surface area contributed by atoms with Crippen molar-refractivity contribution in [1.82, 2.24) is 10.3 Å². The Morgan fingerprint density at radius 1 is 1.75 bits per heavy atom. The van der Waals surface area contributed by atoms with E-state index in [2.05, 4.69) is 15.0 Å². The fourth-order valence-electron chi connectivity index (χ4n) is 1.28. The molecule has 0 bridgehead atoms. The zero-order chi connectivity index (χ0) is 12.1. The number of esters is 1. The molecular weight excluding hydrogens is 228 g/mol. The predicted molar refractivity (Wildman–Crippen MR) is 61.2 cm³/mol. The zero-order valence-electron chi connectivity index (χ0n) is 9.56. The maximum Gasteiger partial charge on any atom is 0.325 e. The summed E-state index contributed by atoms with van der Waals surface area (Å²) in [4.78, 5) is 16.5. The van der Waals surface area contributed by atoms with Crippen LogP contribution in [0.2, 0.25) is 0 Å². The highest BCUT2D eigenvalue weighted by Crippen LogP contribution is 2.12. The molecule has 0 saturated heterocycles. The van der Waals surface area contributed by atoms with Gasteiger partial charge in [-0.25, -0.2) is 4.98 Å². The number of aliphatic hydroxyl groups excluding tert-OH is 1. The molecule has 0 aliphatic rings. The van der Waals surface area contributed by atoms with Gasteiger partial charge < -0.3 is 9.84 Å². The Bertz CT molecular complexity index is 352. The van der Waals surface area contributed by atoms with Crippen LogP contribution in [0.4, 0.5) is 0 Å². The molecule has 2 N–H and O–H groups in total. The molecule has 2 unspecified atom stereocenters. The maximum absolute atomic E-state index is 11.3. The largest absolute Gasteiger partial charge is 0.468 e. The first kappa shape index (κ1) is 13.1. The van der Waals surface area contributed by atoms with Crippen molar-refractivity contribution in [1.29, 1.82) is 0 Å². The number of aliphatic hydroxyl groups is 1. The van der Waals surface area contributed by atoms with Crippen LogP contribution in [0, 0.1) is 6.92 Å².